The number of methoxy groups -OCH3 is 2. The van der Waals surface area contributed by atoms with Crippen LogP contribution < -0.4 is 14.2 Å². The number of nitrogens with zero attached hydrogens (tertiary/aromatic N) is 1. The van der Waals surface area contributed by atoms with Gasteiger partial charge in [-0.3, -0.25) is 0 Å². The van der Waals surface area contributed by atoms with Crippen molar-refractivity contribution in [2.24, 2.45) is 0 Å². The maximum atomic E-state index is 12.7. The van der Waals surface area contributed by atoms with Crippen LogP contribution in [0.2, 0.25) is 0 Å². The Bertz CT molecular complexity index is 1060. The lowest BCUT2D eigenvalue weighted by Gasteiger charge is -2.11. The monoisotopic (exact) mass is 438 g/mol. The third kappa shape index (κ3) is 4.78. The molecular formula is C19H22N2O4S3. The molecule has 3 aromatic rings. The molecule has 0 saturated heterocycles. The van der Waals surface area contributed by atoms with Crippen molar-refractivity contribution in [3.63, 3.8) is 0 Å². The van der Waals surface area contributed by atoms with Crippen molar-refractivity contribution < 1.29 is 17.9 Å². The lowest BCUT2D eigenvalue weighted by Crippen LogP contribution is -2.26. The number of hydrogen-bond donors (Lipinski definition) is 1. The smallest absolute Gasteiger partial charge is 0.240 e. The van der Waals surface area contributed by atoms with Gasteiger partial charge >= 0.3 is 0 Å². The predicted molar refractivity (Wildman–Crippen MR) is 114 cm³/mol. The number of sulfonamides is 1. The van der Waals surface area contributed by atoms with Gasteiger partial charge in [0.1, 0.15) is 11.5 Å². The van der Waals surface area contributed by atoms with E-state index in [1.54, 1.807) is 44.2 Å². The van der Waals surface area contributed by atoms with Crippen LogP contribution in [0.3, 0.4) is 0 Å². The van der Waals surface area contributed by atoms with Crippen LogP contribution in [0.1, 0.15) is 12.5 Å². The highest BCUT2D eigenvalue weighted by Gasteiger charge is 2.16. The van der Waals surface area contributed by atoms with Crippen molar-refractivity contribution in [2.75, 3.05) is 26.5 Å². The van der Waals surface area contributed by atoms with Gasteiger partial charge in [0.15, 0.2) is 4.34 Å². The Morgan fingerprint density at radius 1 is 1.14 bits per heavy atom. The van der Waals surface area contributed by atoms with Gasteiger partial charge in [-0.05, 0) is 54.1 Å². The number of rotatable bonds is 9. The van der Waals surface area contributed by atoms with E-state index in [2.05, 4.69) is 16.6 Å². The van der Waals surface area contributed by atoms with E-state index >= 15 is 0 Å². The van der Waals surface area contributed by atoms with E-state index < -0.39 is 10.0 Å². The minimum absolute atomic E-state index is 0.245. The lowest BCUT2D eigenvalue weighted by atomic mass is 10.1. The fourth-order valence-electron chi connectivity index (χ4n) is 2.72. The van der Waals surface area contributed by atoms with Gasteiger partial charge in [0.05, 0.1) is 29.3 Å². The third-order valence-corrected chi connectivity index (χ3v) is 7.59. The summed E-state index contributed by atoms with van der Waals surface area (Å²) >= 11 is 3.16. The topological polar surface area (TPSA) is 77.5 Å². The van der Waals surface area contributed by atoms with Gasteiger partial charge in [-0.2, -0.15) is 0 Å². The van der Waals surface area contributed by atoms with E-state index in [4.69, 9.17) is 9.47 Å². The first kappa shape index (κ1) is 20.9. The molecule has 3 rings (SSSR count). The van der Waals surface area contributed by atoms with Gasteiger partial charge in [-0.1, -0.05) is 18.7 Å². The summed E-state index contributed by atoms with van der Waals surface area (Å²) in [7, 11) is -0.430. The molecule has 0 aliphatic carbocycles. The van der Waals surface area contributed by atoms with Crippen LogP contribution in [0.5, 0.6) is 11.5 Å². The Labute approximate surface area is 173 Å². The molecule has 28 heavy (non-hydrogen) atoms. The first-order valence-electron chi connectivity index (χ1n) is 8.70. The molecule has 0 unspecified atom stereocenters. The zero-order chi connectivity index (χ0) is 20.1. The number of fused-ring (bicyclic) bond motifs is 1. The molecule has 2 aromatic carbocycles. The quantitative estimate of drug-likeness (QED) is 0.510. The van der Waals surface area contributed by atoms with Crippen molar-refractivity contribution >= 4 is 43.3 Å². The summed E-state index contributed by atoms with van der Waals surface area (Å²) in [4.78, 5) is 4.75. The van der Waals surface area contributed by atoms with Crippen molar-refractivity contribution in [1.29, 1.82) is 0 Å². The SMILES string of the molecule is CCSc1nc2ccc(S(=O)(=O)NCCc3cc(OC)ccc3OC)cc2s1. The molecule has 0 spiro atoms. The third-order valence-electron chi connectivity index (χ3n) is 4.09. The average Bonchev–Trinajstić information content (AvgIpc) is 3.09. The van der Waals surface area contributed by atoms with Gasteiger partial charge < -0.3 is 9.47 Å². The average molecular weight is 439 g/mol. The molecule has 0 atom stereocenters. The molecule has 0 radical (unpaired) electrons. The number of thioether (sulfide) groups is 1. The van der Waals surface area contributed by atoms with Gasteiger partial charge in [-0.25, -0.2) is 18.1 Å². The van der Waals surface area contributed by atoms with Crippen molar-refractivity contribution in [2.45, 2.75) is 22.6 Å². The minimum atomic E-state index is -3.61. The van der Waals surface area contributed by atoms with E-state index in [1.807, 2.05) is 18.2 Å². The highest BCUT2D eigenvalue weighted by molar-refractivity contribution is 8.01. The molecule has 150 valence electrons. The van der Waals surface area contributed by atoms with Crippen LogP contribution in [0.15, 0.2) is 45.6 Å². The van der Waals surface area contributed by atoms with Crippen LogP contribution in [0.25, 0.3) is 10.2 Å². The fraction of sp³-hybridized carbons (Fsp3) is 0.316. The molecule has 0 saturated carbocycles. The molecule has 1 N–H and O–H groups in total. The van der Waals surface area contributed by atoms with E-state index in [9.17, 15) is 8.42 Å². The Balaban J connectivity index is 1.73. The molecule has 0 aliphatic heterocycles. The van der Waals surface area contributed by atoms with Gasteiger partial charge in [-0.15, -0.1) is 11.3 Å². The molecule has 0 fully saturated rings. The molecule has 6 nitrogen and oxygen atoms in total. The molecule has 9 heteroatoms. The maximum absolute atomic E-state index is 12.7. The second-order valence-electron chi connectivity index (χ2n) is 5.87. The highest BCUT2D eigenvalue weighted by Crippen LogP contribution is 2.31. The molecular weight excluding hydrogens is 416 g/mol. The summed E-state index contributed by atoms with van der Waals surface area (Å²) in [6.45, 7) is 2.32. The van der Waals surface area contributed by atoms with Gasteiger partial charge in [0.2, 0.25) is 10.0 Å². The number of benzene rings is 2. The summed E-state index contributed by atoms with van der Waals surface area (Å²) in [5, 5.41) is 0. The first-order chi connectivity index (χ1) is 13.5. The predicted octanol–water partition coefficient (Wildman–Crippen LogP) is 3.95. The number of thiazole rings is 1. The molecule has 1 aromatic heterocycles. The maximum Gasteiger partial charge on any atom is 0.240 e. The van der Waals surface area contributed by atoms with Crippen LogP contribution in [0, 0.1) is 0 Å². The van der Waals surface area contributed by atoms with Gasteiger partial charge in [0, 0.05) is 6.54 Å². The van der Waals surface area contributed by atoms with Crippen molar-refractivity contribution in [1.82, 2.24) is 9.71 Å². The van der Waals surface area contributed by atoms with Crippen LogP contribution in [0.4, 0.5) is 0 Å². The van der Waals surface area contributed by atoms with E-state index in [-0.39, 0.29) is 11.4 Å². The summed E-state index contributed by atoms with van der Waals surface area (Å²) in [6.07, 6.45) is 0.486. The molecule has 0 amide bonds. The lowest BCUT2D eigenvalue weighted by molar-refractivity contribution is 0.398. The number of nitrogens with one attached hydrogen (secondary N) is 1. The van der Waals surface area contributed by atoms with Crippen LogP contribution >= 0.6 is 23.1 Å². The second-order valence-corrected chi connectivity index (χ2v) is 10.2. The zero-order valence-corrected chi connectivity index (χ0v) is 18.3. The summed E-state index contributed by atoms with van der Waals surface area (Å²) < 4.78 is 40.4. The molecule has 1 heterocycles. The van der Waals surface area contributed by atoms with E-state index in [0.29, 0.717) is 17.9 Å². The standard InChI is InChI=1S/C19H22N2O4S3/c1-4-26-19-21-16-7-6-15(12-18(16)27-19)28(22,23)20-10-9-13-11-14(24-2)5-8-17(13)25-3/h5-8,11-12,20H,4,9-10H2,1-3H3. The zero-order valence-electron chi connectivity index (χ0n) is 15.9. The van der Waals surface area contributed by atoms with Crippen LogP contribution in [-0.4, -0.2) is 39.9 Å². The van der Waals surface area contributed by atoms with Gasteiger partial charge in [0.25, 0.3) is 0 Å². The highest BCUT2D eigenvalue weighted by atomic mass is 32.2. The Morgan fingerprint density at radius 3 is 2.68 bits per heavy atom. The van der Waals surface area contributed by atoms with Crippen molar-refractivity contribution in [3.8, 4) is 11.5 Å². The second kappa shape index (κ2) is 9.13. The first-order valence-corrected chi connectivity index (χ1v) is 12.0. The Kier molecular flexibility index (Phi) is 6.82. The fourth-order valence-corrected chi connectivity index (χ4v) is 5.85. The van der Waals surface area contributed by atoms with Crippen molar-refractivity contribution in [3.05, 3.63) is 42.0 Å². The number of aromatic nitrogens is 1. The molecule has 0 bridgehead atoms. The minimum Gasteiger partial charge on any atom is -0.497 e. The van der Waals surface area contributed by atoms with E-state index in [1.165, 1.54) is 11.3 Å². The summed E-state index contributed by atoms with van der Waals surface area (Å²) in [5.41, 5.74) is 1.70. The summed E-state index contributed by atoms with van der Waals surface area (Å²) in [6, 6.07) is 10.5. The van der Waals surface area contributed by atoms with E-state index in [0.717, 1.165) is 25.9 Å². The summed E-state index contributed by atoms with van der Waals surface area (Å²) in [5.74, 6) is 2.34. The molecule has 0 aliphatic rings. The number of hydrogen-bond acceptors (Lipinski definition) is 7. The number of ether oxygens (including phenoxy) is 2. The Hall–Kier alpha value is -1.81. The normalized spacial score (nSPS) is 11.7. The van der Waals surface area contributed by atoms with Crippen LogP contribution in [-0.2, 0) is 16.4 Å². The largest absolute Gasteiger partial charge is 0.497 e. The Morgan fingerprint density at radius 2 is 1.96 bits per heavy atom.